The van der Waals surface area contributed by atoms with Crippen molar-refractivity contribution < 1.29 is 39.3 Å². The highest BCUT2D eigenvalue weighted by Crippen LogP contribution is 2.31. The number of hydrogen-bond acceptors (Lipinski definition) is 12. The van der Waals surface area contributed by atoms with Crippen LogP contribution in [0.4, 0.5) is 0 Å². The van der Waals surface area contributed by atoms with Crippen molar-refractivity contribution in [2.45, 2.75) is 75.5 Å². The summed E-state index contributed by atoms with van der Waals surface area (Å²) < 4.78 is 0. The number of phenols is 2. The van der Waals surface area contributed by atoms with E-state index in [1.54, 1.807) is 44.4 Å². The average molecular weight is 796 g/mol. The molecule has 57 heavy (non-hydrogen) atoms. The number of phenolic OH excluding ortho intramolecular Hbond substituents is 2. The second-order valence-corrected chi connectivity index (χ2v) is 14.8. The summed E-state index contributed by atoms with van der Waals surface area (Å²) in [6.45, 7) is 1.39. The maximum atomic E-state index is 14.5. The topological polar surface area (TPSA) is 265 Å². The quantitative estimate of drug-likeness (QED) is 0.0886. The van der Waals surface area contributed by atoms with Crippen LogP contribution in [0.3, 0.4) is 0 Å². The standard InChI is InChI=1S/C40H61N9O8/c1-43-15-4-8-30-37(54)47-33(23-29-21-26(10-12-35(29)52)25-9-11-34(51)28(20-25)22-32(44-2)38(55)45-30)40(57)49-16-5-6-27(24-49)36(53)46-31(7-3-13-41)39(56)48(17-14-42)18-19-50/h9-12,20-21,27,30-33,43-44,50-52H,3-8,13-19,22-24,41-42H2,1-2H3,(H,45,55)(H,46,53)(H,47,54)/t27?,30-,31-,32-,33-/m0/s1. The smallest absolute Gasteiger partial charge is 0.245 e. The second kappa shape index (κ2) is 22.2. The summed E-state index contributed by atoms with van der Waals surface area (Å²) in [5.41, 5.74) is 13.7. The molecule has 5 amide bonds. The Hall–Kier alpha value is -4.81. The zero-order chi connectivity index (χ0) is 41.5. The summed E-state index contributed by atoms with van der Waals surface area (Å²) in [6, 6.07) is 6.09. The number of fused-ring (bicyclic) bond motifs is 5. The number of likely N-dealkylation sites (tertiary alicyclic amines) is 1. The van der Waals surface area contributed by atoms with Crippen molar-refractivity contribution in [3.8, 4) is 22.6 Å². The molecule has 0 radical (unpaired) electrons. The van der Waals surface area contributed by atoms with Crippen LogP contribution in [0, 0.1) is 5.92 Å². The molecule has 2 aliphatic rings. The third-order valence-electron chi connectivity index (χ3n) is 10.7. The van der Waals surface area contributed by atoms with E-state index in [4.69, 9.17) is 11.5 Å². The molecule has 12 N–H and O–H groups in total. The molecule has 2 heterocycles. The number of benzene rings is 2. The molecule has 0 aromatic heterocycles. The molecule has 1 saturated heterocycles. The number of nitrogens with zero attached hydrogens (tertiary/aromatic N) is 2. The summed E-state index contributed by atoms with van der Waals surface area (Å²) >= 11 is 0. The van der Waals surface area contributed by atoms with Crippen molar-refractivity contribution in [3.05, 3.63) is 47.5 Å². The molecule has 4 bridgehead atoms. The van der Waals surface area contributed by atoms with Gasteiger partial charge in [0.15, 0.2) is 0 Å². The minimum absolute atomic E-state index is 0.00514. The highest BCUT2D eigenvalue weighted by molar-refractivity contribution is 5.94. The molecule has 2 aromatic carbocycles. The Balaban J connectivity index is 1.66. The van der Waals surface area contributed by atoms with Gasteiger partial charge in [-0.1, -0.05) is 12.1 Å². The summed E-state index contributed by atoms with van der Waals surface area (Å²) in [7, 11) is 3.40. The molecule has 2 aliphatic heterocycles. The van der Waals surface area contributed by atoms with Gasteiger partial charge in [-0.3, -0.25) is 24.0 Å². The third kappa shape index (κ3) is 12.3. The molecule has 0 aliphatic carbocycles. The van der Waals surface area contributed by atoms with Crippen LogP contribution < -0.4 is 38.1 Å². The van der Waals surface area contributed by atoms with E-state index < -0.39 is 53.7 Å². The van der Waals surface area contributed by atoms with Crippen molar-refractivity contribution in [2.24, 2.45) is 17.4 Å². The fraction of sp³-hybridized carbons (Fsp3) is 0.575. The first-order chi connectivity index (χ1) is 27.4. The predicted octanol–water partition coefficient (Wildman–Crippen LogP) is -1.34. The molecule has 2 aromatic rings. The predicted molar refractivity (Wildman–Crippen MR) is 215 cm³/mol. The lowest BCUT2D eigenvalue weighted by atomic mass is 9.93. The van der Waals surface area contributed by atoms with E-state index in [-0.39, 0.29) is 75.9 Å². The van der Waals surface area contributed by atoms with Crippen LogP contribution in [0.5, 0.6) is 11.5 Å². The Labute approximate surface area is 334 Å². The van der Waals surface area contributed by atoms with Gasteiger partial charge in [0, 0.05) is 45.6 Å². The number of piperidine rings is 1. The number of rotatable bonds is 16. The van der Waals surface area contributed by atoms with Gasteiger partial charge in [0.25, 0.3) is 0 Å². The highest BCUT2D eigenvalue weighted by atomic mass is 16.3. The normalized spacial score (nSPS) is 20.7. The van der Waals surface area contributed by atoms with Crippen molar-refractivity contribution in [3.63, 3.8) is 0 Å². The van der Waals surface area contributed by atoms with Gasteiger partial charge in [-0.15, -0.1) is 0 Å². The third-order valence-corrected chi connectivity index (χ3v) is 10.7. The van der Waals surface area contributed by atoms with Gasteiger partial charge in [-0.25, -0.2) is 0 Å². The van der Waals surface area contributed by atoms with Crippen LogP contribution >= 0.6 is 0 Å². The zero-order valence-electron chi connectivity index (χ0n) is 33.1. The van der Waals surface area contributed by atoms with Gasteiger partial charge in [-0.2, -0.15) is 0 Å². The number of carbonyl (C=O) groups is 5. The van der Waals surface area contributed by atoms with E-state index in [2.05, 4.69) is 26.6 Å². The fourth-order valence-corrected chi connectivity index (χ4v) is 7.43. The largest absolute Gasteiger partial charge is 0.508 e. The van der Waals surface area contributed by atoms with E-state index >= 15 is 0 Å². The van der Waals surface area contributed by atoms with Gasteiger partial charge in [0.1, 0.15) is 29.6 Å². The number of nitrogens with one attached hydrogen (secondary N) is 5. The molecule has 1 unspecified atom stereocenters. The van der Waals surface area contributed by atoms with Gasteiger partial charge >= 0.3 is 0 Å². The number of amides is 5. The van der Waals surface area contributed by atoms with E-state index in [1.165, 1.54) is 15.9 Å². The monoisotopic (exact) mass is 795 g/mol. The SMILES string of the molecule is CNCCC[C@@H]1NC(=O)[C@@H](NC)Cc2cc(ccc2O)-c2ccc(O)c(c2)C[C@@H](C(=O)N2CCCC(C(=O)N[C@@H](CCCN)C(=O)N(CCN)CCO)C2)NC1=O. The number of likely N-dealkylation sites (N-methyl/N-ethyl adjacent to an activating group) is 1. The first kappa shape index (κ1) is 44.9. The minimum atomic E-state index is -1.19. The van der Waals surface area contributed by atoms with Crippen LogP contribution in [0.25, 0.3) is 11.1 Å². The van der Waals surface area contributed by atoms with Crippen LogP contribution in [-0.4, -0.2) is 145 Å². The van der Waals surface area contributed by atoms with E-state index in [1.807, 2.05) is 0 Å². The first-order valence-corrected chi connectivity index (χ1v) is 19.9. The molecule has 0 spiro atoms. The Morgan fingerprint density at radius 2 is 1.61 bits per heavy atom. The Morgan fingerprint density at radius 1 is 0.930 bits per heavy atom. The zero-order valence-corrected chi connectivity index (χ0v) is 33.1. The molecule has 5 atom stereocenters. The van der Waals surface area contributed by atoms with E-state index in [0.717, 1.165) is 0 Å². The summed E-state index contributed by atoms with van der Waals surface area (Å²) in [4.78, 5) is 72.5. The van der Waals surface area contributed by atoms with Crippen molar-refractivity contribution in [1.29, 1.82) is 0 Å². The Bertz CT molecular complexity index is 1690. The molecule has 4 rings (SSSR count). The van der Waals surface area contributed by atoms with Crippen molar-refractivity contribution >= 4 is 29.5 Å². The minimum Gasteiger partial charge on any atom is -0.508 e. The number of aromatic hydroxyl groups is 2. The average Bonchev–Trinajstić information content (AvgIpc) is 3.21. The Morgan fingerprint density at radius 3 is 2.23 bits per heavy atom. The first-order valence-electron chi connectivity index (χ1n) is 19.9. The fourth-order valence-electron chi connectivity index (χ4n) is 7.43. The number of nitrogens with two attached hydrogens (primary N) is 2. The van der Waals surface area contributed by atoms with Gasteiger partial charge < -0.3 is 63.2 Å². The van der Waals surface area contributed by atoms with E-state index in [9.17, 15) is 39.3 Å². The van der Waals surface area contributed by atoms with Crippen LogP contribution in [0.1, 0.15) is 49.7 Å². The lowest BCUT2D eigenvalue weighted by Gasteiger charge is -2.36. The van der Waals surface area contributed by atoms with E-state index in [0.29, 0.717) is 67.6 Å². The molecular formula is C40H61N9O8. The molecule has 1 fully saturated rings. The summed E-state index contributed by atoms with van der Waals surface area (Å²) in [6.07, 6.45) is 2.50. The molecule has 0 saturated carbocycles. The van der Waals surface area contributed by atoms with Crippen molar-refractivity contribution in [2.75, 3.05) is 66.5 Å². The highest BCUT2D eigenvalue weighted by Gasteiger charge is 2.36. The van der Waals surface area contributed by atoms with Gasteiger partial charge in [0.05, 0.1) is 18.6 Å². The van der Waals surface area contributed by atoms with Crippen molar-refractivity contribution in [1.82, 2.24) is 36.4 Å². The number of carbonyl (C=O) groups excluding carboxylic acids is 5. The lowest BCUT2D eigenvalue weighted by Crippen LogP contribution is -2.58. The lowest BCUT2D eigenvalue weighted by molar-refractivity contribution is -0.142. The number of aliphatic hydroxyl groups is 1. The number of hydrogen-bond donors (Lipinski definition) is 10. The van der Waals surface area contributed by atoms with Gasteiger partial charge in [-0.05, 0) is 112 Å². The van der Waals surface area contributed by atoms with Gasteiger partial charge in [0.2, 0.25) is 29.5 Å². The summed E-state index contributed by atoms with van der Waals surface area (Å²) in [5, 5.41) is 46.0. The maximum absolute atomic E-state index is 14.5. The van der Waals surface area contributed by atoms with Crippen LogP contribution in [0.2, 0.25) is 0 Å². The molecular weight excluding hydrogens is 734 g/mol. The molecule has 17 nitrogen and oxygen atoms in total. The maximum Gasteiger partial charge on any atom is 0.245 e. The molecule has 17 heteroatoms. The summed E-state index contributed by atoms with van der Waals surface area (Å²) in [5.74, 6) is -3.04. The second-order valence-electron chi connectivity index (χ2n) is 14.8. The Kier molecular flexibility index (Phi) is 17.5. The van der Waals surface area contributed by atoms with Crippen LogP contribution in [0.15, 0.2) is 36.4 Å². The number of aliphatic hydroxyl groups excluding tert-OH is 1. The van der Waals surface area contributed by atoms with Crippen LogP contribution in [-0.2, 0) is 36.8 Å². The molecule has 314 valence electrons.